The van der Waals surface area contributed by atoms with Crippen molar-refractivity contribution in [2.24, 2.45) is 0 Å². The van der Waals surface area contributed by atoms with Crippen molar-refractivity contribution in [3.05, 3.63) is 17.8 Å². The van der Waals surface area contributed by atoms with Gasteiger partial charge in [0.15, 0.2) is 0 Å². The van der Waals surface area contributed by atoms with Gasteiger partial charge in [-0.1, -0.05) is 12.8 Å². The van der Waals surface area contributed by atoms with E-state index in [1.807, 2.05) is 0 Å². The Labute approximate surface area is 123 Å². The Bertz CT molecular complexity index is 514. The van der Waals surface area contributed by atoms with Crippen LogP contribution in [0.4, 0.5) is 4.79 Å². The molecule has 2 heterocycles. The molecule has 0 spiro atoms. The molecule has 1 aromatic heterocycles. The van der Waals surface area contributed by atoms with Gasteiger partial charge in [0.2, 0.25) is 5.89 Å². The monoisotopic (exact) mass is 295 g/mol. The lowest BCUT2D eigenvalue weighted by atomic mass is 10.1. The SMILES string of the molecule is Cc1cnc(C(C)NC(=O)N2CCCCCC2C(=O)O)o1. The number of carboxylic acid groups (broad SMARTS) is 1. The predicted octanol–water partition coefficient (Wildman–Crippen LogP) is 2.08. The molecule has 116 valence electrons. The quantitative estimate of drug-likeness (QED) is 0.890. The van der Waals surface area contributed by atoms with Crippen LogP contribution in [0.25, 0.3) is 0 Å². The standard InChI is InChI=1S/C14H21N3O4/c1-9-8-15-12(21-9)10(2)16-14(20)17-7-5-3-4-6-11(17)13(18)19/h8,10-11H,3-7H2,1-2H3,(H,16,20)(H,18,19). The fraction of sp³-hybridized carbons (Fsp3) is 0.643. The summed E-state index contributed by atoms with van der Waals surface area (Å²) in [6, 6.07) is -1.54. The van der Waals surface area contributed by atoms with Crippen molar-refractivity contribution in [2.75, 3.05) is 6.54 Å². The van der Waals surface area contributed by atoms with E-state index in [9.17, 15) is 14.7 Å². The van der Waals surface area contributed by atoms with E-state index in [4.69, 9.17) is 4.42 Å². The first-order valence-corrected chi connectivity index (χ1v) is 7.21. The number of oxazole rings is 1. The lowest BCUT2D eigenvalue weighted by Crippen LogP contribution is -2.49. The Morgan fingerprint density at radius 3 is 2.86 bits per heavy atom. The Hall–Kier alpha value is -2.05. The van der Waals surface area contributed by atoms with Crippen molar-refractivity contribution in [3.8, 4) is 0 Å². The molecule has 0 saturated carbocycles. The zero-order chi connectivity index (χ0) is 15.4. The van der Waals surface area contributed by atoms with Crippen molar-refractivity contribution in [1.82, 2.24) is 15.2 Å². The Balaban J connectivity index is 2.04. The zero-order valence-electron chi connectivity index (χ0n) is 12.3. The van der Waals surface area contributed by atoms with Gasteiger partial charge in [-0.3, -0.25) is 0 Å². The lowest BCUT2D eigenvalue weighted by molar-refractivity contribution is -0.142. The number of amides is 2. The predicted molar refractivity (Wildman–Crippen MR) is 74.8 cm³/mol. The summed E-state index contributed by atoms with van der Waals surface area (Å²) < 4.78 is 5.37. The smallest absolute Gasteiger partial charge is 0.326 e. The maximum atomic E-state index is 12.3. The molecule has 0 bridgehead atoms. The molecule has 1 fully saturated rings. The molecular formula is C14H21N3O4. The van der Waals surface area contributed by atoms with Crippen molar-refractivity contribution < 1.29 is 19.1 Å². The molecule has 21 heavy (non-hydrogen) atoms. The molecule has 2 N–H and O–H groups in total. The van der Waals surface area contributed by atoms with E-state index in [2.05, 4.69) is 10.3 Å². The first-order valence-electron chi connectivity index (χ1n) is 7.21. The Morgan fingerprint density at radius 2 is 2.24 bits per heavy atom. The molecule has 1 aromatic rings. The highest BCUT2D eigenvalue weighted by atomic mass is 16.4. The van der Waals surface area contributed by atoms with Crippen LogP contribution in [0.5, 0.6) is 0 Å². The first kappa shape index (κ1) is 15.3. The number of carbonyl (C=O) groups excluding carboxylic acids is 1. The second-order valence-corrected chi connectivity index (χ2v) is 5.38. The summed E-state index contributed by atoms with van der Waals surface area (Å²) in [7, 11) is 0. The van der Waals surface area contributed by atoms with Crippen LogP contribution < -0.4 is 5.32 Å². The molecular weight excluding hydrogens is 274 g/mol. The van der Waals surface area contributed by atoms with Crippen LogP contribution in [-0.4, -0.2) is 39.6 Å². The van der Waals surface area contributed by atoms with Crippen LogP contribution in [0.2, 0.25) is 0 Å². The van der Waals surface area contributed by atoms with E-state index in [1.54, 1.807) is 20.0 Å². The summed E-state index contributed by atoms with van der Waals surface area (Å²) in [5.41, 5.74) is 0. The minimum atomic E-state index is -0.952. The molecule has 7 nitrogen and oxygen atoms in total. The minimum Gasteiger partial charge on any atom is -0.480 e. The van der Waals surface area contributed by atoms with Gasteiger partial charge in [-0.05, 0) is 26.7 Å². The maximum Gasteiger partial charge on any atom is 0.326 e. The van der Waals surface area contributed by atoms with Gasteiger partial charge in [-0.15, -0.1) is 0 Å². The van der Waals surface area contributed by atoms with Gasteiger partial charge in [0.25, 0.3) is 0 Å². The molecule has 1 saturated heterocycles. The molecule has 2 unspecified atom stereocenters. The average Bonchev–Trinajstić information content (AvgIpc) is 2.72. The second-order valence-electron chi connectivity index (χ2n) is 5.38. The van der Waals surface area contributed by atoms with Crippen molar-refractivity contribution in [3.63, 3.8) is 0 Å². The molecule has 0 aliphatic carbocycles. The highest BCUT2D eigenvalue weighted by molar-refractivity contribution is 5.82. The van der Waals surface area contributed by atoms with E-state index < -0.39 is 18.1 Å². The largest absolute Gasteiger partial charge is 0.480 e. The van der Waals surface area contributed by atoms with Crippen molar-refractivity contribution in [1.29, 1.82) is 0 Å². The van der Waals surface area contributed by atoms with Gasteiger partial charge in [-0.2, -0.15) is 0 Å². The summed E-state index contributed by atoms with van der Waals surface area (Å²) in [5, 5.41) is 12.0. The van der Waals surface area contributed by atoms with E-state index >= 15 is 0 Å². The summed E-state index contributed by atoms with van der Waals surface area (Å²) in [5.74, 6) is 0.138. The molecule has 2 amide bonds. The number of hydrogen-bond donors (Lipinski definition) is 2. The van der Waals surface area contributed by atoms with E-state index in [0.29, 0.717) is 24.6 Å². The number of carbonyl (C=O) groups is 2. The number of aliphatic carboxylic acids is 1. The number of aromatic nitrogens is 1. The van der Waals surface area contributed by atoms with Gasteiger partial charge < -0.3 is 19.7 Å². The number of urea groups is 1. The van der Waals surface area contributed by atoms with Crippen LogP contribution in [0.15, 0.2) is 10.6 Å². The third-order valence-corrected chi connectivity index (χ3v) is 3.65. The second kappa shape index (κ2) is 6.60. The molecule has 2 rings (SSSR count). The van der Waals surface area contributed by atoms with Crippen LogP contribution in [-0.2, 0) is 4.79 Å². The fourth-order valence-electron chi connectivity index (χ4n) is 2.51. The summed E-state index contributed by atoms with van der Waals surface area (Å²) in [6.45, 7) is 4.00. The lowest BCUT2D eigenvalue weighted by Gasteiger charge is -2.28. The molecule has 1 aliphatic heterocycles. The first-order chi connectivity index (χ1) is 9.99. The Kier molecular flexibility index (Phi) is 4.82. The minimum absolute atomic E-state index is 0.382. The van der Waals surface area contributed by atoms with Crippen molar-refractivity contribution in [2.45, 2.75) is 51.6 Å². The van der Waals surface area contributed by atoms with E-state index in [0.717, 1.165) is 19.3 Å². The number of nitrogens with zero attached hydrogens (tertiary/aromatic N) is 2. The van der Waals surface area contributed by atoms with E-state index in [1.165, 1.54) is 4.90 Å². The molecule has 0 aromatic carbocycles. The highest BCUT2D eigenvalue weighted by Crippen LogP contribution is 2.19. The summed E-state index contributed by atoms with van der Waals surface area (Å²) in [6.07, 6.45) is 4.68. The van der Waals surface area contributed by atoms with Crippen LogP contribution in [0.1, 0.15) is 50.3 Å². The molecule has 7 heteroatoms. The van der Waals surface area contributed by atoms with Crippen molar-refractivity contribution >= 4 is 12.0 Å². The Morgan fingerprint density at radius 1 is 1.48 bits per heavy atom. The molecule has 2 atom stereocenters. The average molecular weight is 295 g/mol. The number of nitrogens with one attached hydrogen (secondary N) is 1. The number of likely N-dealkylation sites (tertiary alicyclic amines) is 1. The summed E-state index contributed by atoms with van der Waals surface area (Å²) >= 11 is 0. The zero-order valence-corrected chi connectivity index (χ0v) is 12.3. The normalized spacial score (nSPS) is 20.7. The van der Waals surface area contributed by atoms with Gasteiger partial charge in [0, 0.05) is 6.54 Å². The van der Waals surface area contributed by atoms with Gasteiger partial charge >= 0.3 is 12.0 Å². The number of hydrogen-bond acceptors (Lipinski definition) is 4. The summed E-state index contributed by atoms with van der Waals surface area (Å²) in [4.78, 5) is 29.1. The van der Waals surface area contributed by atoms with Crippen LogP contribution in [0.3, 0.4) is 0 Å². The van der Waals surface area contributed by atoms with Gasteiger partial charge in [0.1, 0.15) is 17.8 Å². The fourth-order valence-corrected chi connectivity index (χ4v) is 2.51. The van der Waals surface area contributed by atoms with E-state index in [-0.39, 0.29) is 6.03 Å². The molecule has 0 radical (unpaired) electrons. The number of aryl methyl sites for hydroxylation is 1. The number of carboxylic acids is 1. The van der Waals surface area contributed by atoms with Crippen LogP contribution in [0, 0.1) is 6.92 Å². The topological polar surface area (TPSA) is 95.7 Å². The van der Waals surface area contributed by atoms with Crippen LogP contribution >= 0.6 is 0 Å². The maximum absolute atomic E-state index is 12.3. The number of rotatable bonds is 3. The van der Waals surface area contributed by atoms with Gasteiger partial charge in [-0.25, -0.2) is 14.6 Å². The molecule has 1 aliphatic rings. The third-order valence-electron chi connectivity index (χ3n) is 3.65. The van der Waals surface area contributed by atoms with Gasteiger partial charge in [0.05, 0.1) is 6.20 Å². The third kappa shape index (κ3) is 3.74. The highest BCUT2D eigenvalue weighted by Gasteiger charge is 2.31.